The van der Waals surface area contributed by atoms with Crippen LogP contribution in [0, 0.1) is 13.8 Å². The molecule has 0 spiro atoms. The zero-order valence-electron chi connectivity index (χ0n) is 11.2. The second kappa shape index (κ2) is 3.98. The van der Waals surface area contributed by atoms with Gasteiger partial charge in [0.25, 0.3) is 0 Å². The molecule has 98 valence electrons. The number of hydrogen-bond donors (Lipinski definition) is 1. The molecule has 0 saturated heterocycles. The van der Waals surface area contributed by atoms with Crippen molar-refractivity contribution in [1.82, 2.24) is 0 Å². The van der Waals surface area contributed by atoms with Crippen molar-refractivity contribution in [1.29, 1.82) is 0 Å². The fourth-order valence-corrected chi connectivity index (χ4v) is 2.63. The Labute approximate surface area is 112 Å². The first-order chi connectivity index (χ1) is 9.00. The number of rotatable bonds is 2. The number of carboxylic acid groups (broad SMARTS) is 1. The minimum atomic E-state index is -0.903. The zero-order valence-corrected chi connectivity index (χ0v) is 11.2. The molecule has 0 bridgehead atoms. The smallest absolute Gasteiger partial charge is 0.337 e. The van der Waals surface area contributed by atoms with Crippen LogP contribution in [0.5, 0.6) is 0 Å². The van der Waals surface area contributed by atoms with Gasteiger partial charge < -0.3 is 10.0 Å². The molecular formula is C16H17NO2. The maximum atomic E-state index is 11.4. The molecule has 3 heteroatoms. The van der Waals surface area contributed by atoms with Crippen molar-refractivity contribution in [3.8, 4) is 0 Å². The number of aliphatic carboxylic acids is 1. The number of carbonyl (C=O) groups is 1. The summed E-state index contributed by atoms with van der Waals surface area (Å²) in [6, 6.07) is 4.47. The Hall–Kier alpha value is -2.03. The summed E-state index contributed by atoms with van der Waals surface area (Å²) in [6.07, 6.45) is 4.02. The molecule has 0 amide bonds. The predicted octanol–water partition coefficient (Wildman–Crippen LogP) is 3.27. The molecule has 3 nitrogen and oxygen atoms in total. The van der Waals surface area contributed by atoms with Crippen molar-refractivity contribution in [2.24, 2.45) is 0 Å². The molecule has 19 heavy (non-hydrogen) atoms. The van der Waals surface area contributed by atoms with Crippen LogP contribution in [-0.4, -0.2) is 17.1 Å². The third-order valence-corrected chi connectivity index (χ3v) is 4.05. The molecule has 0 radical (unpaired) electrons. The second-order valence-electron chi connectivity index (χ2n) is 5.37. The SMILES string of the molecule is C=C1C(C(=O)O)=CN(C2CC2)c2c1ccc(C)c2C. The third kappa shape index (κ3) is 1.77. The Morgan fingerprint density at radius 2 is 2.05 bits per heavy atom. The Morgan fingerprint density at radius 3 is 2.63 bits per heavy atom. The normalized spacial score (nSPS) is 18.1. The van der Waals surface area contributed by atoms with Crippen LogP contribution in [0.3, 0.4) is 0 Å². The van der Waals surface area contributed by atoms with E-state index >= 15 is 0 Å². The lowest BCUT2D eigenvalue weighted by molar-refractivity contribution is -0.132. The van der Waals surface area contributed by atoms with Gasteiger partial charge in [0, 0.05) is 17.8 Å². The van der Waals surface area contributed by atoms with E-state index in [2.05, 4.69) is 25.3 Å². The fraction of sp³-hybridized carbons (Fsp3) is 0.312. The van der Waals surface area contributed by atoms with Gasteiger partial charge in [-0.3, -0.25) is 0 Å². The van der Waals surface area contributed by atoms with E-state index < -0.39 is 5.97 Å². The number of benzene rings is 1. The Kier molecular flexibility index (Phi) is 2.52. The summed E-state index contributed by atoms with van der Waals surface area (Å²) in [5.41, 5.74) is 5.45. The molecule has 1 fully saturated rings. The molecule has 1 aromatic carbocycles. The number of nitrogens with zero attached hydrogens (tertiary/aromatic N) is 1. The monoisotopic (exact) mass is 255 g/mol. The molecule has 1 heterocycles. The number of aryl methyl sites for hydroxylation is 1. The van der Waals surface area contributed by atoms with Crippen molar-refractivity contribution >= 4 is 17.2 Å². The van der Waals surface area contributed by atoms with Crippen LogP contribution >= 0.6 is 0 Å². The summed E-state index contributed by atoms with van der Waals surface area (Å²) < 4.78 is 0. The Morgan fingerprint density at radius 1 is 1.37 bits per heavy atom. The molecule has 0 atom stereocenters. The highest BCUT2D eigenvalue weighted by Gasteiger charge is 2.35. The van der Waals surface area contributed by atoms with E-state index in [1.54, 1.807) is 6.20 Å². The number of fused-ring (bicyclic) bond motifs is 1. The van der Waals surface area contributed by atoms with Crippen molar-refractivity contribution in [3.05, 3.63) is 47.2 Å². The van der Waals surface area contributed by atoms with Gasteiger partial charge in [-0.15, -0.1) is 0 Å². The van der Waals surface area contributed by atoms with E-state index in [4.69, 9.17) is 0 Å². The van der Waals surface area contributed by atoms with Gasteiger partial charge in [0.1, 0.15) is 0 Å². The lowest BCUT2D eigenvalue weighted by Crippen LogP contribution is -2.27. The molecule has 1 aromatic rings. The van der Waals surface area contributed by atoms with Crippen LogP contribution in [0.2, 0.25) is 0 Å². The number of hydrogen-bond acceptors (Lipinski definition) is 2. The van der Waals surface area contributed by atoms with E-state index in [-0.39, 0.29) is 0 Å². The summed E-state index contributed by atoms with van der Waals surface area (Å²) in [4.78, 5) is 13.5. The third-order valence-electron chi connectivity index (χ3n) is 4.05. The van der Waals surface area contributed by atoms with Crippen LogP contribution < -0.4 is 4.90 Å². The van der Waals surface area contributed by atoms with Gasteiger partial charge in [0.2, 0.25) is 0 Å². The first kappa shape index (κ1) is 12.0. The highest BCUT2D eigenvalue weighted by Crippen LogP contribution is 2.44. The minimum Gasteiger partial charge on any atom is -0.478 e. The van der Waals surface area contributed by atoms with E-state index in [0.29, 0.717) is 17.2 Å². The van der Waals surface area contributed by atoms with Gasteiger partial charge in [-0.05, 0) is 43.4 Å². The topological polar surface area (TPSA) is 40.5 Å². The van der Waals surface area contributed by atoms with Crippen LogP contribution in [0.1, 0.15) is 29.5 Å². The van der Waals surface area contributed by atoms with Gasteiger partial charge in [-0.1, -0.05) is 18.7 Å². The molecule has 1 aliphatic heterocycles. The average molecular weight is 255 g/mol. The van der Waals surface area contributed by atoms with Gasteiger partial charge >= 0.3 is 5.97 Å². The largest absolute Gasteiger partial charge is 0.478 e. The van der Waals surface area contributed by atoms with Crippen molar-refractivity contribution in [2.75, 3.05) is 4.90 Å². The summed E-state index contributed by atoms with van der Waals surface area (Å²) in [5, 5.41) is 9.32. The molecule has 1 N–H and O–H groups in total. The second-order valence-corrected chi connectivity index (χ2v) is 5.37. The standard InChI is InChI=1S/C16H17NO2/c1-9-4-7-13-11(3)14(16(18)19)8-17(12-5-6-12)15(13)10(9)2/h4,7-8,12H,3,5-6H2,1-2H3,(H,18,19). The minimum absolute atomic E-state index is 0.308. The summed E-state index contributed by atoms with van der Waals surface area (Å²) in [5.74, 6) is -0.903. The van der Waals surface area contributed by atoms with E-state index in [0.717, 1.165) is 24.1 Å². The van der Waals surface area contributed by atoms with Gasteiger partial charge in [-0.2, -0.15) is 0 Å². The predicted molar refractivity (Wildman–Crippen MR) is 76.2 cm³/mol. The molecule has 0 unspecified atom stereocenters. The summed E-state index contributed by atoms with van der Waals surface area (Å²) in [6.45, 7) is 8.14. The van der Waals surface area contributed by atoms with E-state index in [1.165, 1.54) is 11.1 Å². The Balaban J connectivity index is 2.22. The molecular weight excluding hydrogens is 238 g/mol. The summed E-state index contributed by atoms with van der Waals surface area (Å²) >= 11 is 0. The quantitative estimate of drug-likeness (QED) is 0.881. The maximum absolute atomic E-state index is 11.4. The van der Waals surface area contributed by atoms with E-state index in [1.807, 2.05) is 12.1 Å². The highest BCUT2D eigenvalue weighted by molar-refractivity contribution is 6.08. The average Bonchev–Trinajstić information content (AvgIpc) is 3.18. The lowest BCUT2D eigenvalue weighted by Gasteiger charge is -2.32. The van der Waals surface area contributed by atoms with Crippen LogP contribution in [0.4, 0.5) is 5.69 Å². The van der Waals surface area contributed by atoms with Crippen LogP contribution in [0.15, 0.2) is 30.5 Å². The first-order valence-electron chi connectivity index (χ1n) is 6.54. The number of carboxylic acids is 1. The maximum Gasteiger partial charge on any atom is 0.337 e. The molecule has 2 aliphatic rings. The van der Waals surface area contributed by atoms with Gasteiger partial charge in [0.15, 0.2) is 0 Å². The molecule has 1 aliphatic carbocycles. The zero-order chi connectivity index (χ0) is 13.7. The summed E-state index contributed by atoms with van der Waals surface area (Å²) in [7, 11) is 0. The Bertz CT molecular complexity index is 624. The van der Waals surface area contributed by atoms with Gasteiger partial charge in [0.05, 0.1) is 11.3 Å². The van der Waals surface area contributed by atoms with Crippen LogP contribution in [-0.2, 0) is 4.79 Å². The van der Waals surface area contributed by atoms with E-state index in [9.17, 15) is 9.90 Å². The lowest BCUT2D eigenvalue weighted by atomic mass is 9.90. The first-order valence-corrected chi connectivity index (χ1v) is 6.54. The number of anilines is 1. The van der Waals surface area contributed by atoms with Crippen molar-refractivity contribution in [2.45, 2.75) is 32.7 Å². The molecule has 0 aromatic heterocycles. The van der Waals surface area contributed by atoms with Gasteiger partial charge in [-0.25, -0.2) is 4.79 Å². The van der Waals surface area contributed by atoms with Crippen molar-refractivity contribution < 1.29 is 9.90 Å². The highest BCUT2D eigenvalue weighted by atomic mass is 16.4. The fourth-order valence-electron chi connectivity index (χ4n) is 2.63. The van der Waals surface area contributed by atoms with Crippen molar-refractivity contribution in [3.63, 3.8) is 0 Å². The molecule has 3 rings (SSSR count). The molecule has 1 saturated carbocycles. The van der Waals surface area contributed by atoms with Crippen LogP contribution in [0.25, 0.3) is 5.57 Å².